The number of nitrogens with one attached hydrogen (secondary N) is 3. The monoisotopic (exact) mass is 531 g/mol. The molecule has 0 aliphatic carbocycles. The SMILES string of the molecule is Cc1ccoc1C(=O)Nc1cc(Oc2ccnc(-c3cc(C(=O)NCCCN4CCCC4)c[nH]3)c2)ccc1F. The van der Waals surface area contributed by atoms with Gasteiger partial charge in [0.1, 0.15) is 17.3 Å². The van der Waals surface area contributed by atoms with Crippen LogP contribution in [-0.2, 0) is 0 Å². The number of hydrogen-bond donors (Lipinski definition) is 3. The second-order valence-electron chi connectivity index (χ2n) is 9.47. The highest BCUT2D eigenvalue weighted by Crippen LogP contribution is 2.29. The summed E-state index contributed by atoms with van der Waals surface area (Å²) in [6.07, 6.45) is 8.06. The Morgan fingerprint density at radius 3 is 2.72 bits per heavy atom. The second kappa shape index (κ2) is 12.0. The Morgan fingerprint density at radius 1 is 1.10 bits per heavy atom. The van der Waals surface area contributed by atoms with Crippen molar-refractivity contribution in [3.8, 4) is 22.9 Å². The number of rotatable bonds is 10. The number of nitrogens with zero attached hydrogens (tertiary/aromatic N) is 2. The number of anilines is 1. The fourth-order valence-electron chi connectivity index (χ4n) is 4.49. The van der Waals surface area contributed by atoms with E-state index in [0.29, 0.717) is 40.6 Å². The van der Waals surface area contributed by atoms with Crippen molar-refractivity contribution in [2.75, 3.05) is 31.5 Å². The van der Waals surface area contributed by atoms with Gasteiger partial charge >= 0.3 is 0 Å². The quantitative estimate of drug-likeness (QED) is 0.237. The lowest BCUT2D eigenvalue weighted by atomic mass is 10.2. The highest BCUT2D eigenvalue weighted by atomic mass is 19.1. The maximum absolute atomic E-state index is 14.4. The molecule has 0 spiro atoms. The van der Waals surface area contributed by atoms with Gasteiger partial charge in [0.2, 0.25) is 0 Å². The molecule has 3 N–H and O–H groups in total. The lowest BCUT2D eigenvalue weighted by Crippen LogP contribution is -2.28. The van der Waals surface area contributed by atoms with Crippen LogP contribution in [0.3, 0.4) is 0 Å². The number of ether oxygens (including phenoxy) is 1. The smallest absolute Gasteiger partial charge is 0.291 e. The van der Waals surface area contributed by atoms with E-state index in [1.54, 1.807) is 43.6 Å². The minimum atomic E-state index is -0.608. The molecule has 202 valence electrons. The van der Waals surface area contributed by atoms with Crippen molar-refractivity contribution >= 4 is 17.5 Å². The standard InChI is InChI=1S/C29H30FN5O4/c1-19-8-14-38-27(19)29(37)34-24-16-21(5-6-23(24)30)39-22-7-10-31-26(17-22)25-15-20(18-33-25)28(36)32-9-4-13-35-11-2-3-12-35/h5-8,10,14-18,33H,2-4,9,11-13H2,1H3,(H,32,36)(H,34,37). The van der Waals surface area contributed by atoms with Gasteiger partial charge in [-0.3, -0.25) is 14.6 Å². The van der Waals surface area contributed by atoms with Gasteiger partial charge in [0, 0.05) is 36.6 Å². The number of amides is 2. The zero-order chi connectivity index (χ0) is 27.2. The maximum atomic E-state index is 14.4. The molecular weight excluding hydrogens is 501 g/mol. The number of pyridine rings is 1. The van der Waals surface area contributed by atoms with Gasteiger partial charge in [0.25, 0.3) is 11.8 Å². The van der Waals surface area contributed by atoms with Crippen LogP contribution in [0.4, 0.5) is 10.1 Å². The number of hydrogen-bond acceptors (Lipinski definition) is 6. The van der Waals surface area contributed by atoms with Crippen LogP contribution in [0.2, 0.25) is 0 Å². The normalized spacial score (nSPS) is 13.4. The minimum absolute atomic E-state index is 0.0389. The second-order valence-corrected chi connectivity index (χ2v) is 9.47. The highest BCUT2D eigenvalue weighted by Gasteiger charge is 2.16. The summed E-state index contributed by atoms with van der Waals surface area (Å²) < 4.78 is 25.5. The van der Waals surface area contributed by atoms with Gasteiger partial charge in [-0.05, 0) is 76.2 Å². The van der Waals surface area contributed by atoms with Crippen LogP contribution < -0.4 is 15.4 Å². The first-order chi connectivity index (χ1) is 19.0. The molecule has 0 radical (unpaired) electrons. The summed E-state index contributed by atoms with van der Waals surface area (Å²) in [4.78, 5) is 34.9. The molecule has 4 heterocycles. The number of likely N-dealkylation sites (tertiary alicyclic amines) is 1. The van der Waals surface area contributed by atoms with Crippen molar-refractivity contribution in [3.63, 3.8) is 0 Å². The molecule has 1 saturated heterocycles. The first-order valence-electron chi connectivity index (χ1n) is 12.9. The van der Waals surface area contributed by atoms with Crippen molar-refractivity contribution in [1.29, 1.82) is 0 Å². The van der Waals surface area contributed by atoms with Crippen molar-refractivity contribution in [2.45, 2.75) is 26.2 Å². The zero-order valence-corrected chi connectivity index (χ0v) is 21.6. The van der Waals surface area contributed by atoms with Crippen LogP contribution >= 0.6 is 0 Å². The number of aryl methyl sites for hydroxylation is 1. The predicted octanol–water partition coefficient (Wildman–Crippen LogP) is 5.38. The number of furan rings is 1. The zero-order valence-electron chi connectivity index (χ0n) is 21.6. The molecule has 0 unspecified atom stereocenters. The Hall–Kier alpha value is -4.44. The van der Waals surface area contributed by atoms with Crippen molar-refractivity contribution in [1.82, 2.24) is 20.2 Å². The number of aromatic nitrogens is 2. The molecule has 1 aliphatic heterocycles. The summed E-state index contributed by atoms with van der Waals surface area (Å²) in [5, 5.41) is 5.49. The molecule has 3 aromatic heterocycles. The molecule has 10 heteroatoms. The molecule has 9 nitrogen and oxygen atoms in total. The average molecular weight is 532 g/mol. The first-order valence-corrected chi connectivity index (χ1v) is 12.9. The van der Waals surface area contributed by atoms with Crippen LogP contribution in [-0.4, -0.2) is 52.9 Å². The Morgan fingerprint density at radius 2 is 1.92 bits per heavy atom. The average Bonchev–Trinajstić information content (AvgIpc) is 3.71. The van der Waals surface area contributed by atoms with E-state index in [9.17, 15) is 14.0 Å². The Kier molecular flexibility index (Phi) is 8.02. The fourth-order valence-corrected chi connectivity index (χ4v) is 4.49. The van der Waals surface area contributed by atoms with Crippen molar-refractivity contribution in [2.24, 2.45) is 0 Å². The van der Waals surface area contributed by atoms with Crippen LogP contribution in [0.15, 0.2) is 65.5 Å². The van der Waals surface area contributed by atoms with E-state index in [2.05, 4.69) is 25.5 Å². The van der Waals surface area contributed by atoms with Gasteiger partial charge < -0.3 is 29.7 Å². The lowest BCUT2D eigenvalue weighted by Gasteiger charge is -2.14. The van der Waals surface area contributed by atoms with Crippen molar-refractivity contribution in [3.05, 3.63) is 83.8 Å². The summed E-state index contributed by atoms with van der Waals surface area (Å²) in [6.45, 7) is 5.65. The lowest BCUT2D eigenvalue weighted by molar-refractivity contribution is 0.0951. The van der Waals surface area contributed by atoms with Gasteiger partial charge in [0.15, 0.2) is 5.76 Å². The molecule has 1 aliphatic rings. The molecule has 4 aromatic rings. The van der Waals surface area contributed by atoms with Crippen LogP contribution in [0.1, 0.15) is 45.7 Å². The van der Waals surface area contributed by atoms with Gasteiger partial charge in [0.05, 0.1) is 28.9 Å². The number of carbonyl (C=O) groups excluding carboxylic acids is 2. The predicted molar refractivity (Wildman–Crippen MR) is 145 cm³/mol. The number of benzene rings is 1. The Labute approximate surface area is 225 Å². The van der Waals surface area contributed by atoms with E-state index in [-0.39, 0.29) is 17.4 Å². The summed E-state index contributed by atoms with van der Waals surface area (Å²) in [5.74, 6) is -0.423. The molecule has 39 heavy (non-hydrogen) atoms. The van der Waals surface area contributed by atoms with Crippen molar-refractivity contribution < 1.29 is 23.1 Å². The van der Waals surface area contributed by atoms with Crippen LogP contribution in [0, 0.1) is 12.7 Å². The molecular formula is C29H30FN5O4. The van der Waals surface area contributed by atoms with E-state index in [0.717, 1.165) is 26.1 Å². The summed E-state index contributed by atoms with van der Waals surface area (Å²) in [7, 11) is 0. The first kappa shape index (κ1) is 26.2. The van der Waals surface area contributed by atoms with E-state index < -0.39 is 11.7 Å². The summed E-state index contributed by atoms with van der Waals surface area (Å²) >= 11 is 0. The third kappa shape index (κ3) is 6.53. The third-order valence-corrected chi connectivity index (χ3v) is 6.58. The molecule has 5 rings (SSSR count). The maximum Gasteiger partial charge on any atom is 0.291 e. The number of carbonyl (C=O) groups is 2. The Balaban J connectivity index is 1.20. The van der Waals surface area contributed by atoms with Gasteiger partial charge in [-0.15, -0.1) is 0 Å². The van der Waals surface area contributed by atoms with Gasteiger partial charge in [-0.25, -0.2) is 4.39 Å². The molecule has 2 amide bonds. The minimum Gasteiger partial charge on any atom is -0.459 e. The molecule has 0 atom stereocenters. The third-order valence-electron chi connectivity index (χ3n) is 6.58. The van der Waals surface area contributed by atoms with Gasteiger partial charge in [-0.2, -0.15) is 0 Å². The molecule has 1 fully saturated rings. The van der Waals surface area contributed by atoms with E-state index >= 15 is 0 Å². The Bertz CT molecular complexity index is 1460. The van der Waals surface area contributed by atoms with Crippen LogP contribution in [0.5, 0.6) is 11.5 Å². The number of halogens is 1. The van der Waals surface area contributed by atoms with E-state index in [4.69, 9.17) is 9.15 Å². The highest BCUT2D eigenvalue weighted by molar-refractivity contribution is 6.03. The number of H-pyrrole nitrogens is 1. The molecule has 0 saturated carbocycles. The van der Waals surface area contributed by atoms with E-state index in [1.165, 1.54) is 37.3 Å². The van der Waals surface area contributed by atoms with E-state index in [1.807, 2.05) is 0 Å². The molecule has 1 aromatic carbocycles. The van der Waals surface area contributed by atoms with Crippen LogP contribution in [0.25, 0.3) is 11.4 Å². The summed E-state index contributed by atoms with van der Waals surface area (Å²) in [6, 6.07) is 10.8. The summed E-state index contributed by atoms with van der Waals surface area (Å²) in [5.41, 5.74) is 2.35. The topological polar surface area (TPSA) is 112 Å². The number of aromatic amines is 1. The largest absolute Gasteiger partial charge is 0.459 e. The van der Waals surface area contributed by atoms with Gasteiger partial charge in [-0.1, -0.05) is 0 Å². The molecule has 0 bridgehead atoms. The fraction of sp³-hybridized carbons (Fsp3) is 0.276.